The van der Waals surface area contributed by atoms with Gasteiger partial charge in [0.2, 0.25) is 0 Å². The van der Waals surface area contributed by atoms with Crippen LogP contribution in [-0.4, -0.2) is 84.8 Å². The van der Waals surface area contributed by atoms with Crippen molar-refractivity contribution in [1.82, 2.24) is 9.38 Å². The van der Waals surface area contributed by atoms with Gasteiger partial charge in [-0.15, -0.1) is 0 Å². The van der Waals surface area contributed by atoms with Crippen molar-refractivity contribution in [1.29, 1.82) is 0 Å². The first-order valence-corrected chi connectivity index (χ1v) is 19.0. The monoisotopic (exact) mass is 785 g/mol. The summed E-state index contributed by atoms with van der Waals surface area (Å²) in [4.78, 5) is 45.6. The third-order valence-electron chi connectivity index (χ3n) is 11.5. The molecule has 1 unspecified atom stereocenters. The lowest BCUT2D eigenvalue weighted by Crippen LogP contribution is -2.46. The molecule has 1 amide bonds. The molecule has 2 aromatic carbocycles. The molecule has 4 bridgehead atoms. The molecule has 0 spiro atoms. The summed E-state index contributed by atoms with van der Waals surface area (Å²) >= 11 is 0. The molecule has 0 aliphatic carbocycles. The smallest absolute Gasteiger partial charge is 0.312 e. The quantitative estimate of drug-likeness (QED) is 0.115. The van der Waals surface area contributed by atoms with Gasteiger partial charge in [-0.05, 0) is 44.5 Å². The fourth-order valence-corrected chi connectivity index (χ4v) is 8.03. The number of hydrogen-bond donors (Lipinski definition) is 5. The molecule has 4 heterocycles. The van der Waals surface area contributed by atoms with E-state index in [1.54, 1.807) is 63.4 Å². The number of imidazole rings is 1. The summed E-state index contributed by atoms with van der Waals surface area (Å²) in [5.41, 5.74) is 2.18. The standard InChI is InChI=1S/C43H51N3O11/c1-19-14-16-46-28(18-19)44-32-29-30-37(50)25(7)40-31(29)41(52)43(9,57-40)55-17-15-27(54-10)22(4)39(56-26(8)47)24(6)36(49)23(5)35(48)20(2)12-11-13-21(3)42(53)45-33(34(32)46)38(30)51/h11-18,20,22-24,27,35-36,39,48-51H,1-10H3,(H,45,53)/b12-11+,17-15+,21-13-/t20-,22+,23+,24+,27?,35-,36+,39+,43-/m0/s1. The minimum absolute atomic E-state index is 0.0185. The Morgan fingerprint density at radius 2 is 1.68 bits per heavy atom. The highest BCUT2D eigenvalue weighted by Gasteiger charge is 2.50. The van der Waals surface area contributed by atoms with Crippen molar-refractivity contribution < 1.29 is 53.8 Å². The number of pyridine rings is 1. The maximum atomic E-state index is 14.6. The van der Waals surface area contributed by atoms with E-state index >= 15 is 0 Å². The number of anilines is 1. The van der Waals surface area contributed by atoms with Crippen LogP contribution >= 0.6 is 0 Å². The van der Waals surface area contributed by atoms with Gasteiger partial charge >= 0.3 is 11.8 Å². The van der Waals surface area contributed by atoms with Crippen LogP contribution in [-0.2, 0) is 23.8 Å². The number of amides is 1. The lowest BCUT2D eigenvalue weighted by Gasteiger charge is -2.38. The van der Waals surface area contributed by atoms with E-state index < -0.39 is 77.3 Å². The number of Topliss-reactive ketones (excluding diaryl/α,β-unsaturated/α-hetero) is 1. The molecule has 0 radical (unpaired) electrons. The van der Waals surface area contributed by atoms with Crippen molar-refractivity contribution in [2.45, 2.75) is 92.5 Å². The summed E-state index contributed by atoms with van der Waals surface area (Å²) in [6, 6.07) is 3.64. The lowest BCUT2D eigenvalue weighted by atomic mass is 9.78. The SMILES string of the molecule is COC1/C=C/O[C@@]2(C)Oc3c(C)c(O)c4c(O)c(c5c(nc6cc(C)ccn65)c4c3C2=O)NC(=O)/C(C)=C\C=C\[C@H](C)[C@H](O)[C@@H](C)[C@@H](O)[C@@H](C)[C@H](OC(C)=O)[C@@H]1C. The van der Waals surface area contributed by atoms with Gasteiger partial charge in [0.25, 0.3) is 11.7 Å². The van der Waals surface area contributed by atoms with E-state index in [-0.39, 0.29) is 55.7 Å². The van der Waals surface area contributed by atoms with Crippen LogP contribution in [0, 0.1) is 37.5 Å². The van der Waals surface area contributed by atoms with Crippen LogP contribution in [0.2, 0.25) is 0 Å². The largest absolute Gasteiger partial charge is 0.507 e. The molecule has 0 saturated heterocycles. The molecule has 0 fully saturated rings. The molecule has 14 heteroatoms. The number of aliphatic hydroxyl groups excluding tert-OH is 2. The lowest BCUT2D eigenvalue weighted by molar-refractivity contribution is -0.160. The van der Waals surface area contributed by atoms with Crippen molar-refractivity contribution >= 4 is 50.8 Å². The molecule has 2 aliphatic rings. The third-order valence-corrected chi connectivity index (χ3v) is 11.5. The summed E-state index contributed by atoms with van der Waals surface area (Å²) in [5, 5.41) is 49.4. The van der Waals surface area contributed by atoms with E-state index in [9.17, 15) is 34.8 Å². The summed E-state index contributed by atoms with van der Waals surface area (Å²) < 4.78 is 25.5. The van der Waals surface area contributed by atoms with Gasteiger partial charge in [0.05, 0.1) is 35.5 Å². The van der Waals surface area contributed by atoms with Crippen LogP contribution in [0.25, 0.3) is 27.5 Å². The topological polar surface area (TPSA) is 198 Å². The molecule has 4 aromatic rings. The number of nitrogens with zero attached hydrogens (tertiary/aromatic N) is 2. The van der Waals surface area contributed by atoms with E-state index in [0.717, 1.165) is 5.56 Å². The van der Waals surface area contributed by atoms with E-state index in [0.29, 0.717) is 5.65 Å². The zero-order valence-corrected chi connectivity index (χ0v) is 33.8. The van der Waals surface area contributed by atoms with Gasteiger partial charge < -0.3 is 44.7 Å². The predicted molar refractivity (Wildman–Crippen MR) is 213 cm³/mol. The highest BCUT2D eigenvalue weighted by atomic mass is 16.7. The van der Waals surface area contributed by atoms with Gasteiger partial charge in [0.1, 0.15) is 40.0 Å². The molecule has 2 aliphatic heterocycles. The minimum atomic E-state index is -1.96. The number of hydrogen-bond acceptors (Lipinski definition) is 12. The van der Waals surface area contributed by atoms with E-state index in [1.807, 2.05) is 19.1 Å². The number of allylic oxidation sites excluding steroid dienone is 2. The van der Waals surface area contributed by atoms with Gasteiger partial charge in [0, 0.05) is 67.3 Å². The number of aliphatic hydroxyl groups is 2. The first-order chi connectivity index (χ1) is 26.8. The molecular formula is C43H51N3O11. The number of phenolic OH excluding ortho intramolecular Hbond substituents is 2. The van der Waals surface area contributed by atoms with Crippen molar-refractivity contribution in [2.75, 3.05) is 12.4 Å². The molecule has 5 N–H and O–H groups in total. The fourth-order valence-electron chi connectivity index (χ4n) is 8.03. The van der Waals surface area contributed by atoms with Crippen LogP contribution in [0.4, 0.5) is 5.69 Å². The number of rotatable bonds is 2. The Hall–Kier alpha value is -5.44. The van der Waals surface area contributed by atoms with Gasteiger partial charge in [-0.3, -0.25) is 18.8 Å². The third kappa shape index (κ3) is 7.10. The zero-order chi connectivity index (χ0) is 41.8. The van der Waals surface area contributed by atoms with Gasteiger partial charge in [-0.2, -0.15) is 0 Å². The number of aromatic hydroxyl groups is 2. The maximum absolute atomic E-state index is 14.6. The Balaban J connectivity index is 1.58. The Bertz CT molecular complexity index is 2380. The molecule has 9 atom stereocenters. The molecular weight excluding hydrogens is 734 g/mol. The molecule has 304 valence electrons. The van der Waals surface area contributed by atoms with Gasteiger partial charge in [0.15, 0.2) is 5.75 Å². The normalized spacial score (nSPS) is 30.8. The fraction of sp³-hybridized carbons (Fsp3) is 0.442. The van der Waals surface area contributed by atoms with E-state index in [2.05, 4.69) is 5.32 Å². The first kappa shape index (κ1) is 41.2. The highest BCUT2D eigenvalue weighted by Crippen LogP contribution is 2.54. The van der Waals surface area contributed by atoms with Crippen molar-refractivity contribution in [2.24, 2.45) is 23.7 Å². The number of aromatic nitrogens is 2. The highest BCUT2D eigenvalue weighted by molar-refractivity contribution is 6.28. The summed E-state index contributed by atoms with van der Waals surface area (Å²) in [5.74, 6) is -6.96. The number of ketones is 1. The number of esters is 1. The number of aryl methyl sites for hydroxylation is 1. The molecule has 6 rings (SSSR count). The molecule has 57 heavy (non-hydrogen) atoms. The van der Waals surface area contributed by atoms with E-state index in [4.69, 9.17) is 23.9 Å². The number of methoxy groups -OCH3 is 1. The van der Waals surface area contributed by atoms with Crippen LogP contribution < -0.4 is 10.1 Å². The number of ether oxygens (including phenoxy) is 4. The Labute approximate surface area is 330 Å². The second-order valence-corrected chi connectivity index (χ2v) is 15.6. The minimum Gasteiger partial charge on any atom is -0.507 e. The number of benzene rings is 2. The summed E-state index contributed by atoms with van der Waals surface area (Å²) in [7, 11) is 1.46. The Morgan fingerprint density at radius 1 is 0.982 bits per heavy atom. The first-order valence-electron chi connectivity index (χ1n) is 19.0. The molecule has 0 saturated carbocycles. The van der Waals surface area contributed by atoms with Crippen molar-refractivity contribution in [3.05, 3.63) is 71.2 Å². The van der Waals surface area contributed by atoms with Crippen LogP contribution in [0.3, 0.4) is 0 Å². The average Bonchev–Trinajstić information content (AvgIpc) is 3.67. The van der Waals surface area contributed by atoms with Crippen molar-refractivity contribution in [3.63, 3.8) is 0 Å². The predicted octanol–water partition coefficient (Wildman–Crippen LogP) is 6.16. The number of carbonyl (C=O) groups is 3. The molecule has 14 nitrogen and oxygen atoms in total. The summed E-state index contributed by atoms with van der Waals surface area (Å²) in [6.07, 6.45) is 5.62. The number of fused-ring (bicyclic) bond motifs is 2. The zero-order valence-electron chi connectivity index (χ0n) is 33.8. The van der Waals surface area contributed by atoms with Crippen LogP contribution in [0.5, 0.6) is 17.2 Å². The number of phenols is 2. The maximum Gasteiger partial charge on any atom is 0.312 e. The van der Waals surface area contributed by atoms with Crippen LogP contribution in [0.15, 0.2) is 54.5 Å². The number of nitrogens with one attached hydrogen (secondary N) is 1. The Morgan fingerprint density at radius 3 is 2.35 bits per heavy atom. The second kappa shape index (κ2) is 15.5. The Kier molecular flexibility index (Phi) is 11.2. The van der Waals surface area contributed by atoms with E-state index in [1.165, 1.54) is 40.2 Å². The van der Waals surface area contributed by atoms with Crippen molar-refractivity contribution in [3.8, 4) is 17.2 Å². The van der Waals surface area contributed by atoms with Gasteiger partial charge in [-0.25, -0.2) is 4.98 Å². The number of carbonyl (C=O) groups excluding carboxylic acids is 3. The van der Waals surface area contributed by atoms with Crippen LogP contribution in [0.1, 0.15) is 70.0 Å². The summed E-state index contributed by atoms with van der Waals surface area (Å²) in [6.45, 7) is 14.7. The second-order valence-electron chi connectivity index (χ2n) is 15.6. The molecule has 2 aromatic heterocycles. The average molecular weight is 786 g/mol. The van der Waals surface area contributed by atoms with Gasteiger partial charge in [-0.1, -0.05) is 45.9 Å².